The largest absolute Gasteiger partial charge is 1.00 e. The van der Waals surface area contributed by atoms with Gasteiger partial charge >= 0.3 is 7.12 Å². The second-order valence-corrected chi connectivity index (χ2v) is 7.38. The summed E-state index contributed by atoms with van der Waals surface area (Å²) < 4.78 is 14.4. The van der Waals surface area contributed by atoms with Crippen LogP contribution in [-0.2, 0) is 15.9 Å². The lowest BCUT2D eigenvalue weighted by molar-refractivity contribution is -0.688. The first-order valence-corrected chi connectivity index (χ1v) is 8.17. The Hall–Kier alpha value is -1.17. The highest BCUT2D eigenvalue weighted by Gasteiger charge is 2.51. The molecule has 0 bridgehead atoms. The van der Waals surface area contributed by atoms with Crippen molar-refractivity contribution in [3.63, 3.8) is 0 Å². The Balaban J connectivity index is 0.00000208. The van der Waals surface area contributed by atoms with Gasteiger partial charge in [-0.05, 0) is 45.6 Å². The minimum atomic E-state index is -0.298. The average molecular weight is 390 g/mol. The molecule has 0 amide bonds. The van der Waals surface area contributed by atoms with Gasteiger partial charge in [-0.3, -0.25) is 0 Å². The van der Waals surface area contributed by atoms with E-state index in [0.717, 1.165) is 12.0 Å². The SMILES string of the molecule is Cc1cc[n+](Cc2ccc(B3OC(C)(C)C(C)(C)O3)cc2)cc1.[Br-]. The fourth-order valence-electron chi connectivity index (χ4n) is 2.61. The number of aromatic nitrogens is 1. The zero-order valence-electron chi connectivity index (χ0n) is 15.0. The summed E-state index contributed by atoms with van der Waals surface area (Å²) in [5, 5.41) is 0. The van der Waals surface area contributed by atoms with Crippen LogP contribution in [0.2, 0.25) is 0 Å². The van der Waals surface area contributed by atoms with Gasteiger partial charge in [-0.1, -0.05) is 24.3 Å². The van der Waals surface area contributed by atoms with E-state index in [0.29, 0.717) is 0 Å². The second kappa shape index (κ2) is 6.99. The molecule has 5 heteroatoms. The van der Waals surface area contributed by atoms with E-state index in [1.54, 1.807) is 0 Å². The van der Waals surface area contributed by atoms with Crippen molar-refractivity contribution in [2.24, 2.45) is 0 Å². The van der Waals surface area contributed by atoms with Gasteiger partial charge in [0.2, 0.25) is 0 Å². The lowest BCUT2D eigenvalue weighted by Crippen LogP contribution is -3.00. The van der Waals surface area contributed by atoms with E-state index in [1.165, 1.54) is 11.1 Å². The van der Waals surface area contributed by atoms with Gasteiger partial charge in [0.1, 0.15) is 0 Å². The zero-order valence-corrected chi connectivity index (χ0v) is 16.6. The number of aryl methyl sites for hydroxylation is 1. The highest BCUT2D eigenvalue weighted by Crippen LogP contribution is 2.36. The van der Waals surface area contributed by atoms with Gasteiger partial charge in [-0.15, -0.1) is 0 Å². The smallest absolute Gasteiger partial charge is 0.494 e. The first-order valence-electron chi connectivity index (χ1n) is 8.17. The van der Waals surface area contributed by atoms with Crippen LogP contribution < -0.4 is 27.0 Å². The lowest BCUT2D eigenvalue weighted by Gasteiger charge is -2.32. The molecule has 0 saturated carbocycles. The number of nitrogens with zero attached hydrogens (tertiary/aromatic N) is 1. The predicted molar refractivity (Wildman–Crippen MR) is 92.6 cm³/mol. The molecule has 24 heavy (non-hydrogen) atoms. The molecular formula is C19H25BBrNO2. The number of hydrogen-bond acceptors (Lipinski definition) is 2. The molecule has 1 aromatic carbocycles. The monoisotopic (exact) mass is 389 g/mol. The molecular weight excluding hydrogens is 365 g/mol. The minimum Gasteiger partial charge on any atom is -1.00 e. The highest BCUT2D eigenvalue weighted by atomic mass is 79.9. The summed E-state index contributed by atoms with van der Waals surface area (Å²) in [4.78, 5) is 0. The van der Waals surface area contributed by atoms with Crippen LogP contribution in [0, 0.1) is 6.92 Å². The molecule has 1 fully saturated rings. The first kappa shape index (κ1) is 19.2. The van der Waals surface area contributed by atoms with Gasteiger partial charge in [0.25, 0.3) is 0 Å². The molecule has 0 N–H and O–H groups in total. The fourth-order valence-corrected chi connectivity index (χ4v) is 2.61. The lowest BCUT2D eigenvalue weighted by atomic mass is 9.79. The Kier molecular flexibility index (Phi) is 5.58. The van der Waals surface area contributed by atoms with E-state index >= 15 is 0 Å². The maximum absolute atomic E-state index is 6.09. The molecule has 0 aliphatic carbocycles. The van der Waals surface area contributed by atoms with Crippen molar-refractivity contribution in [3.8, 4) is 0 Å². The summed E-state index contributed by atoms with van der Waals surface area (Å²) in [5.74, 6) is 0. The van der Waals surface area contributed by atoms with Crippen molar-refractivity contribution in [1.82, 2.24) is 0 Å². The van der Waals surface area contributed by atoms with Gasteiger partial charge in [0, 0.05) is 17.7 Å². The first-order chi connectivity index (χ1) is 10.8. The molecule has 2 aromatic rings. The molecule has 0 spiro atoms. The summed E-state index contributed by atoms with van der Waals surface area (Å²) in [6.07, 6.45) is 4.22. The summed E-state index contributed by atoms with van der Waals surface area (Å²) in [7, 11) is -0.291. The van der Waals surface area contributed by atoms with Crippen molar-refractivity contribution in [2.45, 2.75) is 52.4 Å². The zero-order chi connectivity index (χ0) is 16.7. The van der Waals surface area contributed by atoms with Gasteiger partial charge in [-0.25, -0.2) is 4.57 Å². The van der Waals surface area contributed by atoms with Crippen molar-refractivity contribution >= 4 is 12.6 Å². The number of hydrogen-bond donors (Lipinski definition) is 0. The van der Waals surface area contributed by atoms with Crippen LogP contribution in [-0.4, -0.2) is 18.3 Å². The quantitative estimate of drug-likeness (QED) is 0.528. The van der Waals surface area contributed by atoms with Crippen LogP contribution in [0.15, 0.2) is 48.8 Å². The van der Waals surface area contributed by atoms with Crippen molar-refractivity contribution in [3.05, 3.63) is 59.9 Å². The summed E-state index contributed by atoms with van der Waals surface area (Å²) in [5.41, 5.74) is 3.01. The Labute approximate surface area is 155 Å². The minimum absolute atomic E-state index is 0. The summed E-state index contributed by atoms with van der Waals surface area (Å²) in [6.45, 7) is 11.3. The number of benzene rings is 1. The van der Waals surface area contributed by atoms with E-state index < -0.39 is 0 Å². The van der Waals surface area contributed by atoms with E-state index in [9.17, 15) is 0 Å². The van der Waals surface area contributed by atoms with Crippen LogP contribution in [0.5, 0.6) is 0 Å². The number of halogens is 1. The van der Waals surface area contributed by atoms with Gasteiger partial charge < -0.3 is 26.3 Å². The highest BCUT2D eigenvalue weighted by molar-refractivity contribution is 6.62. The van der Waals surface area contributed by atoms with Crippen LogP contribution in [0.4, 0.5) is 0 Å². The molecule has 2 heterocycles. The standard InChI is InChI=1S/C19H25BNO2.BrH/c1-15-10-12-21(13-11-15)14-16-6-8-17(9-7-16)20-22-18(2,3)19(4,5)23-20;/h6-13H,14H2,1-5H3;1H/q+1;/p-1. The van der Waals surface area contributed by atoms with Crippen LogP contribution in [0.1, 0.15) is 38.8 Å². The van der Waals surface area contributed by atoms with E-state index in [1.807, 2.05) is 0 Å². The summed E-state index contributed by atoms with van der Waals surface area (Å²) >= 11 is 0. The molecule has 1 aliphatic rings. The van der Waals surface area contributed by atoms with Crippen molar-refractivity contribution in [2.75, 3.05) is 0 Å². The number of rotatable bonds is 3. The molecule has 1 aromatic heterocycles. The van der Waals surface area contributed by atoms with Gasteiger partial charge in [-0.2, -0.15) is 0 Å². The van der Waals surface area contributed by atoms with Crippen LogP contribution in [0.3, 0.4) is 0 Å². The normalized spacial score (nSPS) is 18.3. The molecule has 128 valence electrons. The van der Waals surface area contributed by atoms with E-state index in [2.05, 4.69) is 88.0 Å². The Morgan fingerprint density at radius 2 is 1.38 bits per heavy atom. The van der Waals surface area contributed by atoms with Gasteiger partial charge in [0.15, 0.2) is 18.9 Å². The third kappa shape index (κ3) is 3.90. The Bertz CT molecular complexity index is 668. The third-order valence-corrected chi connectivity index (χ3v) is 4.93. The summed E-state index contributed by atoms with van der Waals surface area (Å²) in [6, 6.07) is 12.7. The topological polar surface area (TPSA) is 22.3 Å². The van der Waals surface area contributed by atoms with Gasteiger partial charge in [0.05, 0.1) is 11.2 Å². The maximum Gasteiger partial charge on any atom is 0.494 e. The van der Waals surface area contributed by atoms with E-state index in [-0.39, 0.29) is 35.3 Å². The van der Waals surface area contributed by atoms with E-state index in [4.69, 9.17) is 9.31 Å². The molecule has 0 atom stereocenters. The van der Waals surface area contributed by atoms with Crippen molar-refractivity contribution < 1.29 is 30.9 Å². The van der Waals surface area contributed by atoms with Crippen molar-refractivity contribution in [1.29, 1.82) is 0 Å². The maximum atomic E-state index is 6.09. The second-order valence-electron chi connectivity index (χ2n) is 7.38. The number of pyridine rings is 1. The molecule has 3 rings (SSSR count). The fraction of sp³-hybridized carbons (Fsp3) is 0.421. The molecule has 0 radical (unpaired) electrons. The molecule has 1 saturated heterocycles. The predicted octanol–water partition coefficient (Wildman–Crippen LogP) is -0.366. The van der Waals surface area contributed by atoms with Crippen LogP contribution in [0.25, 0.3) is 0 Å². The third-order valence-electron chi connectivity index (χ3n) is 4.93. The Morgan fingerprint density at radius 1 is 0.875 bits per heavy atom. The Morgan fingerprint density at radius 3 is 1.88 bits per heavy atom. The average Bonchev–Trinajstić information content (AvgIpc) is 2.71. The van der Waals surface area contributed by atoms with Crippen LogP contribution >= 0.6 is 0 Å². The molecule has 1 aliphatic heterocycles. The molecule has 0 unspecified atom stereocenters. The molecule has 3 nitrogen and oxygen atoms in total.